The number of aromatic nitrogens is 1. The molecule has 3 rings (SSSR count). The first kappa shape index (κ1) is 18.2. The van der Waals surface area contributed by atoms with Gasteiger partial charge in [0.15, 0.2) is 23.1 Å². The van der Waals surface area contributed by atoms with E-state index in [1.165, 1.54) is 12.1 Å². The van der Waals surface area contributed by atoms with Crippen molar-refractivity contribution < 1.29 is 29.2 Å². The Morgan fingerprint density at radius 2 is 1.85 bits per heavy atom. The van der Waals surface area contributed by atoms with Crippen molar-refractivity contribution in [3.05, 3.63) is 63.6 Å². The van der Waals surface area contributed by atoms with Crippen LogP contribution in [0.5, 0.6) is 17.2 Å². The summed E-state index contributed by atoms with van der Waals surface area (Å²) in [5.41, 5.74) is 0.932. The third-order valence-corrected chi connectivity index (χ3v) is 4.02. The fourth-order valence-electron chi connectivity index (χ4n) is 2.64. The second kappa shape index (κ2) is 7.32. The Morgan fingerprint density at radius 1 is 1.07 bits per heavy atom. The molecule has 0 unspecified atom stereocenters. The number of rotatable bonds is 6. The molecule has 0 saturated heterocycles. The minimum Gasteiger partial charge on any atom is -0.505 e. The van der Waals surface area contributed by atoms with Crippen LogP contribution in [0, 0.1) is 15.9 Å². The molecule has 0 spiro atoms. The molecule has 0 aliphatic carbocycles. The number of phenols is 3. The van der Waals surface area contributed by atoms with Crippen LogP contribution in [-0.2, 0) is 12.8 Å². The zero-order valence-electron chi connectivity index (χ0n) is 13.9. The summed E-state index contributed by atoms with van der Waals surface area (Å²) >= 11 is 0. The van der Waals surface area contributed by atoms with Gasteiger partial charge >= 0.3 is 5.69 Å². The van der Waals surface area contributed by atoms with E-state index in [1.807, 2.05) is 0 Å². The highest BCUT2D eigenvalue weighted by Gasteiger charge is 2.21. The molecule has 140 valence electrons. The van der Waals surface area contributed by atoms with Crippen LogP contribution in [0.4, 0.5) is 10.1 Å². The lowest BCUT2D eigenvalue weighted by Crippen LogP contribution is -1.91. The fraction of sp³-hybridized carbons (Fsp3) is 0.167. The molecule has 0 aliphatic rings. The largest absolute Gasteiger partial charge is 0.505 e. The van der Waals surface area contributed by atoms with Crippen molar-refractivity contribution in [1.82, 2.24) is 5.16 Å². The van der Waals surface area contributed by atoms with E-state index in [0.717, 1.165) is 17.7 Å². The average molecular weight is 374 g/mol. The molecule has 0 saturated carbocycles. The molecule has 27 heavy (non-hydrogen) atoms. The van der Waals surface area contributed by atoms with Gasteiger partial charge in [0.25, 0.3) is 0 Å². The van der Waals surface area contributed by atoms with Gasteiger partial charge in [-0.05, 0) is 43.0 Å². The first-order chi connectivity index (χ1) is 12.8. The van der Waals surface area contributed by atoms with Gasteiger partial charge in [-0.3, -0.25) is 10.1 Å². The van der Waals surface area contributed by atoms with E-state index in [9.17, 15) is 29.8 Å². The van der Waals surface area contributed by atoms with Crippen LogP contribution in [0.3, 0.4) is 0 Å². The third kappa shape index (κ3) is 3.97. The number of nitro benzene ring substituents is 1. The Balaban J connectivity index is 1.70. The number of nitro groups is 1. The molecule has 0 atom stereocenters. The van der Waals surface area contributed by atoms with E-state index in [2.05, 4.69) is 5.16 Å². The number of halogens is 1. The van der Waals surface area contributed by atoms with Crippen LogP contribution in [0.1, 0.15) is 17.7 Å². The van der Waals surface area contributed by atoms with Crippen molar-refractivity contribution in [3.63, 3.8) is 0 Å². The second-order valence-electron chi connectivity index (χ2n) is 5.94. The quantitative estimate of drug-likeness (QED) is 0.341. The molecule has 0 amide bonds. The van der Waals surface area contributed by atoms with E-state index in [-0.39, 0.29) is 11.3 Å². The van der Waals surface area contributed by atoms with Gasteiger partial charge in [-0.1, -0.05) is 11.2 Å². The Bertz CT molecular complexity index is 1000. The van der Waals surface area contributed by atoms with Gasteiger partial charge in [0, 0.05) is 17.7 Å². The Morgan fingerprint density at radius 3 is 2.56 bits per heavy atom. The average Bonchev–Trinajstić information content (AvgIpc) is 3.09. The number of phenolic OH excluding ortho intramolecular Hbond substituents is 3. The molecular weight excluding hydrogens is 359 g/mol. The smallest absolute Gasteiger partial charge is 0.315 e. The van der Waals surface area contributed by atoms with Gasteiger partial charge < -0.3 is 19.8 Å². The van der Waals surface area contributed by atoms with Gasteiger partial charge in [0.05, 0.1) is 10.6 Å². The maximum absolute atomic E-state index is 13.0. The van der Waals surface area contributed by atoms with Crippen LogP contribution in [0.2, 0.25) is 0 Å². The molecule has 9 heteroatoms. The highest BCUT2D eigenvalue weighted by atomic mass is 19.1. The third-order valence-electron chi connectivity index (χ3n) is 4.02. The summed E-state index contributed by atoms with van der Waals surface area (Å²) in [6, 6.07) is 7.96. The Labute approximate surface area is 152 Å². The standard InChI is InChI=1S/C18H15FN2O6/c19-13-5-4-10(6-15(13)22)2-1-3-12-9-17(27-20-12)11-7-14(21(25)26)18(24)16(23)8-11/h4-9,22-24H,1-3H2. The van der Waals surface area contributed by atoms with E-state index >= 15 is 0 Å². The summed E-state index contributed by atoms with van der Waals surface area (Å²) in [5.74, 6) is -2.31. The molecule has 0 bridgehead atoms. The molecule has 0 radical (unpaired) electrons. The lowest BCUT2D eigenvalue weighted by atomic mass is 10.1. The fourth-order valence-corrected chi connectivity index (χ4v) is 2.64. The summed E-state index contributed by atoms with van der Waals surface area (Å²) in [6.45, 7) is 0. The number of hydrogen-bond donors (Lipinski definition) is 3. The molecule has 3 aromatic rings. The number of hydrogen-bond acceptors (Lipinski definition) is 7. The van der Waals surface area contributed by atoms with Gasteiger partial charge in [0.1, 0.15) is 0 Å². The number of benzene rings is 2. The molecule has 8 nitrogen and oxygen atoms in total. The number of nitrogens with zero attached hydrogens (tertiary/aromatic N) is 2. The maximum Gasteiger partial charge on any atom is 0.315 e. The van der Waals surface area contributed by atoms with Crippen molar-refractivity contribution in [2.45, 2.75) is 19.3 Å². The van der Waals surface area contributed by atoms with E-state index in [0.29, 0.717) is 25.0 Å². The summed E-state index contributed by atoms with van der Waals surface area (Å²) in [7, 11) is 0. The van der Waals surface area contributed by atoms with Gasteiger partial charge in [-0.25, -0.2) is 4.39 Å². The van der Waals surface area contributed by atoms with Crippen LogP contribution in [-0.4, -0.2) is 25.4 Å². The maximum atomic E-state index is 13.0. The summed E-state index contributed by atoms with van der Waals surface area (Å²) in [5, 5.41) is 43.3. The first-order valence-corrected chi connectivity index (χ1v) is 7.99. The molecule has 2 aromatic carbocycles. The van der Waals surface area contributed by atoms with Crippen LogP contribution in [0.15, 0.2) is 40.9 Å². The van der Waals surface area contributed by atoms with Crippen LogP contribution >= 0.6 is 0 Å². The molecule has 1 heterocycles. The van der Waals surface area contributed by atoms with Crippen LogP contribution in [0.25, 0.3) is 11.3 Å². The molecule has 3 N–H and O–H groups in total. The number of aromatic hydroxyl groups is 3. The Hall–Kier alpha value is -3.62. The van der Waals surface area contributed by atoms with E-state index in [4.69, 9.17) is 4.52 Å². The lowest BCUT2D eigenvalue weighted by molar-refractivity contribution is -0.385. The summed E-state index contributed by atoms with van der Waals surface area (Å²) < 4.78 is 18.2. The first-order valence-electron chi connectivity index (χ1n) is 7.99. The number of aryl methyl sites for hydroxylation is 2. The topological polar surface area (TPSA) is 130 Å². The summed E-state index contributed by atoms with van der Waals surface area (Å²) in [4.78, 5) is 10.1. The zero-order chi connectivity index (χ0) is 19.6. The molecule has 0 aliphatic heterocycles. The van der Waals surface area contributed by atoms with Crippen molar-refractivity contribution in [2.75, 3.05) is 0 Å². The highest BCUT2D eigenvalue weighted by molar-refractivity contribution is 5.69. The van der Waals surface area contributed by atoms with Crippen molar-refractivity contribution in [2.24, 2.45) is 0 Å². The van der Waals surface area contributed by atoms with E-state index in [1.54, 1.807) is 12.1 Å². The molecule has 0 fully saturated rings. The molecular formula is C18H15FN2O6. The molecule has 1 aromatic heterocycles. The van der Waals surface area contributed by atoms with Crippen molar-refractivity contribution in [1.29, 1.82) is 0 Å². The van der Waals surface area contributed by atoms with E-state index < -0.39 is 33.7 Å². The minimum atomic E-state index is -0.814. The predicted molar refractivity (Wildman–Crippen MR) is 92.0 cm³/mol. The van der Waals surface area contributed by atoms with Gasteiger partial charge in [-0.2, -0.15) is 0 Å². The second-order valence-corrected chi connectivity index (χ2v) is 5.94. The Kier molecular flexibility index (Phi) is 4.93. The zero-order valence-corrected chi connectivity index (χ0v) is 13.9. The monoisotopic (exact) mass is 374 g/mol. The van der Waals surface area contributed by atoms with Gasteiger partial charge in [-0.15, -0.1) is 0 Å². The summed E-state index contributed by atoms with van der Waals surface area (Å²) in [6.07, 6.45) is 1.76. The highest BCUT2D eigenvalue weighted by Crippen LogP contribution is 2.39. The predicted octanol–water partition coefficient (Wildman–Crippen LogP) is 3.68. The lowest BCUT2D eigenvalue weighted by Gasteiger charge is -2.02. The van der Waals surface area contributed by atoms with Gasteiger partial charge in [0.2, 0.25) is 5.75 Å². The van der Waals surface area contributed by atoms with Crippen LogP contribution < -0.4 is 0 Å². The minimum absolute atomic E-state index is 0.208. The normalized spacial score (nSPS) is 10.9. The SMILES string of the molecule is O=[N+]([O-])c1cc(-c2cc(CCCc3ccc(F)c(O)c3)no2)cc(O)c1O. The van der Waals surface area contributed by atoms with Crippen molar-refractivity contribution >= 4 is 5.69 Å². The van der Waals surface area contributed by atoms with Crippen molar-refractivity contribution in [3.8, 4) is 28.6 Å².